The summed E-state index contributed by atoms with van der Waals surface area (Å²) in [6.07, 6.45) is 2.14. The number of carbonyl (C=O) groups excluding carboxylic acids is 2. The normalized spacial score (nSPS) is 16.0. The predicted octanol–water partition coefficient (Wildman–Crippen LogP) is 2.23. The summed E-state index contributed by atoms with van der Waals surface area (Å²) in [7, 11) is 0. The standard InChI is InChI=1S/C20H27N5O3/c1-14-12-15(2)25(24-14)10-9-21-20(27)23-17-7-5-16(6-8-17)19(26)22-13-18-4-3-11-28-18/h5-8,12,18H,3-4,9-11,13H2,1-2H3,(H,22,26)(H2,21,23,27). The van der Waals surface area contributed by atoms with Crippen LogP contribution < -0.4 is 16.0 Å². The van der Waals surface area contributed by atoms with Gasteiger partial charge in [0.05, 0.1) is 18.3 Å². The van der Waals surface area contributed by atoms with Crippen molar-refractivity contribution < 1.29 is 14.3 Å². The first kappa shape index (κ1) is 19.9. The van der Waals surface area contributed by atoms with Crippen LogP contribution in [0.4, 0.5) is 10.5 Å². The van der Waals surface area contributed by atoms with Crippen molar-refractivity contribution in [3.8, 4) is 0 Å². The molecule has 28 heavy (non-hydrogen) atoms. The molecule has 3 amide bonds. The summed E-state index contributed by atoms with van der Waals surface area (Å²) in [5.74, 6) is -0.142. The maximum atomic E-state index is 12.2. The van der Waals surface area contributed by atoms with Gasteiger partial charge in [-0.1, -0.05) is 0 Å². The van der Waals surface area contributed by atoms with Crippen LogP contribution >= 0.6 is 0 Å². The van der Waals surface area contributed by atoms with Crippen LogP contribution in [-0.2, 0) is 11.3 Å². The first-order valence-corrected chi connectivity index (χ1v) is 9.57. The Morgan fingerprint density at radius 1 is 1.21 bits per heavy atom. The lowest BCUT2D eigenvalue weighted by atomic mass is 10.2. The largest absolute Gasteiger partial charge is 0.376 e. The SMILES string of the molecule is Cc1cc(C)n(CCNC(=O)Nc2ccc(C(=O)NCC3CCCO3)cc2)n1. The van der Waals surface area contributed by atoms with Crippen LogP contribution in [-0.4, -0.2) is 47.5 Å². The molecule has 2 heterocycles. The molecule has 3 N–H and O–H groups in total. The Labute approximate surface area is 164 Å². The number of carbonyl (C=O) groups is 2. The zero-order valence-corrected chi connectivity index (χ0v) is 16.3. The summed E-state index contributed by atoms with van der Waals surface area (Å²) >= 11 is 0. The Bertz CT molecular complexity index is 810. The quantitative estimate of drug-likeness (QED) is 0.681. The highest BCUT2D eigenvalue weighted by molar-refractivity contribution is 5.95. The first-order valence-electron chi connectivity index (χ1n) is 9.57. The summed E-state index contributed by atoms with van der Waals surface area (Å²) in [5.41, 5.74) is 3.20. The monoisotopic (exact) mass is 385 g/mol. The van der Waals surface area contributed by atoms with E-state index < -0.39 is 0 Å². The van der Waals surface area contributed by atoms with Crippen LogP contribution in [0, 0.1) is 13.8 Å². The fourth-order valence-electron chi connectivity index (χ4n) is 3.17. The van der Waals surface area contributed by atoms with E-state index in [1.54, 1.807) is 24.3 Å². The number of aromatic nitrogens is 2. The minimum atomic E-state index is -0.294. The topological polar surface area (TPSA) is 97.3 Å². The second-order valence-electron chi connectivity index (χ2n) is 6.95. The fourth-order valence-corrected chi connectivity index (χ4v) is 3.17. The van der Waals surface area contributed by atoms with Gasteiger partial charge in [0.15, 0.2) is 0 Å². The van der Waals surface area contributed by atoms with Crippen LogP contribution in [0.5, 0.6) is 0 Å². The van der Waals surface area contributed by atoms with Crippen molar-refractivity contribution in [2.75, 3.05) is 25.0 Å². The van der Waals surface area contributed by atoms with Crippen molar-refractivity contribution in [2.45, 2.75) is 39.3 Å². The van der Waals surface area contributed by atoms with Gasteiger partial charge in [0, 0.05) is 36.6 Å². The number of amides is 3. The number of anilines is 1. The Morgan fingerprint density at radius 3 is 2.64 bits per heavy atom. The number of nitrogens with one attached hydrogen (secondary N) is 3. The summed E-state index contributed by atoms with van der Waals surface area (Å²) in [6.45, 7) is 6.30. The average Bonchev–Trinajstić information content (AvgIpc) is 3.30. The van der Waals surface area contributed by atoms with E-state index in [9.17, 15) is 9.59 Å². The summed E-state index contributed by atoms with van der Waals surface area (Å²) in [5, 5.41) is 12.8. The van der Waals surface area contributed by atoms with Gasteiger partial charge in [-0.2, -0.15) is 5.10 Å². The lowest BCUT2D eigenvalue weighted by molar-refractivity contribution is 0.0858. The van der Waals surface area contributed by atoms with E-state index in [4.69, 9.17) is 4.74 Å². The lowest BCUT2D eigenvalue weighted by Crippen LogP contribution is -2.32. The van der Waals surface area contributed by atoms with E-state index >= 15 is 0 Å². The van der Waals surface area contributed by atoms with Gasteiger partial charge in [-0.15, -0.1) is 0 Å². The molecule has 1 aromatic carbocycles. The van der Waals surface area contributed by atoms with Gasteiger partial charge in [-0.25, -0.2) is 4.79 Å². The zero-order chi connectivity index (χ0) is 19.9. The molecule has 1 aliphatic rings. The number of hydrogen-bond acceptors (Lipinski definition) is 4. The zero-order valence-electron chi connectivity index (χ0n) is 16.3. The van der Waals surface area contributed by atoms with Crippen LogP contribution in [0.1, 0.15) is 34.6 Å². The highest BCUT2D eigenvalue weighted by Crippen LogP contribution is 2.12. The minimum Gasteiger partial charge on any atom is -0.376 e. The number of ether oxygens (including phenoxy) is 1. The van der Waals surface area contributed by atoms with E-state index in [0.717, 1.165) is 30.8 Å². The van der Waals surface area contributed by atoms with Gasteiger partial charge in [0.2, 0.25) is 0 Å². The van der Waals surface area contributed by atoms with E-state index in [-0.39, 0.29) is 18.0 Å². The van der Waals surface area contributed by atoms with Crippen LogP contribution in [0.25, 0.3) is 0 Å². The third-order valence-electron chi connectivity index (χ3n) is 4.63. The molecule has 1 fully saturated rings. The molecule has 1 aromatic heterocycles. The van der Waals surface area contributed by atoms with E-state index in [1.807, 2.05) is 24.6 Å². The molecule has 0 saturated carbocycles. The minimum absolute atomic E-state index is 0.114. The molecule has 150 valence electrons. The molecular formula is C20H27N5O3. The number of hydrogen-bond donors (Lipinski definition) is 3. The molecule has 0 aliphatic carbocycles. The average molecular weight is 385 g/mol. The van der Waals surface area contributed by atoms with Gasteiger partial charge in [0.1, 0.15) is 0 Å². The lowest BCUT2D eigenvalue weighted by Gasteiger charge is -2.11. The highest BCUT2D eigenvalue weighted by atomic mass is 16.5. The smallest absolute Gasteiger partial charge is 0.319 e. The van der Waals surface area contributed by atoms with Gasteiger partial charge < -0.3 is 20.7 Å². The van der Waals surface area contributed by atoms with E-state index in [1.165, 1.54) is 0 Å². The predicted molar refractivity (Wildman–Crippen MR) is 106 cm³/mol. The molecule has 1 aliphatic heterocycles. The Hall–Kier alpha value is -2.87. The van der Waals surface area contributed by atoms with Crippen molar-refractivity contribution in [1.29, 1.82) is 0 Å². The molecular weight excluding hydrogens is 358 g/mol. The summed E-state index contributed by atoms with van der Waals surface area (Å²) in [4.78, 5) is 24.2. The first-order chi connectivity index (χ1) is 13.5. The number of urea groups is 1. The Balaban J connectivity index is 1.40. The molecule has 0 radical (unpaired) electrons. The molecule has 1 atom stereocenters. The van der Waals surface area contributed by atoms with Crippen molar-refractivity contribution in [3.05, 3.63) is 47.3 Å². The molecule has 3 rings (SSSR count). The Kier molecular flexibility index (Phi) is 6.65. The summed E-state index contributed by atoms with van der Waals surface area (Å²) < 4.78 is 7.36. The highest BCUT2D eigenvalue weighted by Gasteiger charge is 2.16. The van der Waals surface area contributed by atoms with Gasteiger partial charge in [0.25, 0.3) is 5.91 Å². The van der Waals surface area contributed by atoms with E-state index in [0.29, 0.717) is 30.9 Å². The van der Waals surface area contributed by atoms with Gasteiger partial charge >= 0.3 is 6.03 Å². The van der Waals surface area contributed by atoms with Crippen molar-refractivity contribution >= 4 is 17.6 Å². The maximum Gasteiger partial charge on any atom is 0.319 e. The molecule has 1 saturated heterocycles. The number of rotatable bonds is 7. The third-order valence-corrected chi connectivity index (χ3v) is 4.63. The fraction of sp³-hybridized carbons (Fsp3) is 0.450. The molecule has 0 bridgehead atoms. The molecule has 8 nitrogen and oxygen atoms in total. The molecule has 0 spiro atoms. The van der Waals surface area contributed by atoms with E-state index in [2.05, 4.69) is 21.0 Å². The maximum absolute atomic E-state index is 12.2. The van der Waals surface area contributed by atoms with Crippen LogP contribution in [0.15, 0.2) is 30.3 Å². The molecule has 8 heteroatoms. The van der Waals surface area contributed by atoms with Gasteiger partial charge in [-0.05, 0) is 57.0 Å². The van der Waals surface area contributed by atoms with Gasteiger partial charge in [-0.3, -0.25) is 9.48 Å². The van der Waals surface area contributed by atoms with Crippen LogP contribution in [0.2, 0.25) is 0 Å². The van der Waals surface area contributed by atoms with Crippen molar-refractivity contribution in [3.63, 3.8) is 0 Å². The van der Waals surface area contributed by atoms with Crippen molar-refractivity contribution in [2.24, 2.45) is 0 Å². The number of aryl methyl sites for hydroxylation is 2. The number of nitrogens with zero attached hydrogens (tertiary/aromatic N) is 2. The number of benzene rings is 1. The van der Waals surface area contributed by atoms with Crippen LogP contribution in [0.3, 0.4) is 0 Å². The summed E-state index contributed by atoms with van der Waals surface area (Å²) in [6, 6.07) is 8.51. The molecule has 2 aromatic rings. The van der Waals surface area contributed by atoms with Crippen molar-refractivity contribution in [1.82, 2.24) is 20.4 Å². The second-order valence-corrected chi connectivity index (χ2v) is 6.95. The Morgan fingerprint density at radius 2 is 2.00 bits per heavy atom. The third kappa shape index (κ3) is 5.56. The second kappa shape index (κ2) is 9.36. The molecule has 1 unspecified atom stereocenters.